The fraction of sp³-hybridized carbons (Fsp3) is 0.190. The third-order valence-corrected chi connectivity index (χ3v) is 4.75. The molecule has 162 valence electrons. The van der Waals surface area contributed by atoms with Crippen LogP contribution in [0.4, 0.5) is 24.5 Å². The van der Waals surface area contributed by atoms with Crippen molar-refractivity contribution in [1.29, 1.82) is 5.41 Å². The number of anilines is 1. The van der Waals surface area contributed by atoms with Crippen LogP contribution in [-0.2, 0) is 4.79 Å². The lowest BCUT2D eigenvalue weighted by atomic mass is 9.97. The molecule has 10 heteroatoms. The smallest absolute Gasteiger partial charge is 0.431 e. The number of hydrogen-bond acceptors (Lipinski definition) is 5. The normalized spacial score (nSPS) is 17.6. The highest BCUT2D eigenvalue weighted by Gasteiger charge is 2.39. The minimum absolute atomic E-state index is 0.00794. The number of alkyl halides is 3. The van der Waals surface area contributed by atoms with E-state index in [1.54, 1.807) is 36.4 Å². The zero-order valence-corrected chi connectivity index (χ0v) is 16.5. The Balaban J connectivity index is 2.05. The SMILES string of the molecule is COc1ccc(N=C2C(=O)N(c3ccc(C(=N)N)cc3)CCC2=C(N)C(F)(F)F)cc1. The molecule has 0 spiro atoms. The molecule has 2 aromatic carbocycles. The second-order valence-electron chi connectivity index (χ2n) is 6.72. The Morgan fingerprint density at radius 1 is 1.10 bits per heavy atom. The lowest BCUT2D eigenvalue weighted by Crippen LogP contribution is -2.45. The summed E-state index contributed by atoms with van der Waals surface area (Å²) in [5, 5.41) is 7.45. The molecule has 1 saturated heterocycles. The van der Waals surface area contributed by atoms with Gasteiger partial charge in [0, 0.05) is 23.4 Å². The van der Waals surface area contributed by atoms with Gasteiger partial charge in [0.25, 0.3) is 5.91 Å². The Kier molecular flexibility index (Phi) is 6.00. The average molecular weight is 431 g/mol. The lowest BCUT2D eigenvalue weighted by Gasteiger charge is -2.30. The molecule has 1 fully saturated rings. The summed E-state index contributed by atoms with van der Waals surface area (Å²) in [6.45, 7) is -0.00794. The molecule has 0 unspecified atom stereocenters. The standard InChI is InChI=1S/C21H20F3N5O2/c1-31-15-8-4-13(5-9-15)28-17-16(18(25)21(22,23)24)10-11-29(20(17)30)14-6-2-12(3-7-14)19(26)27/h2-9H,10-11,25H2,1H3,(H3,26,27). The highest BCUT2D eigenvalue weighted by molar-refractivity contribution is 6.50. The molecule has 5 N–H and O–H groups in total. The summed E-state index contributed by atoms with van der Waals surface area (Å²) in [5.74, 6) is -0.307. The van der Waals surface area contributed by atoms with E-state index in [1.165, 1.54) is 24.1 Å². The molecular weight excluding hydrogens is 411 g/mol. The van der Waals surface area contributed by atoms with Crippen molar-refractivity contribution in [3.05, 3.63) is 65.4 Å². The average Bonchev–Trinajstić information content (AvgIpc) is 2.74. The molecule has 0 aromatic heterocycles. The number of nitrogens with two attached hydrogens (primary N) is 2. The highest BCUT2D eigenvalue weighted by Crippen LogP contribution is 2.32. The number of allylic oxidation sites excluding steroid dienone is 1. The number of amidine groups is 1. The Morgan fingerprint density at radius 2 is 1.71 bits per heavy atom. The van der Waals surface area contributed by atoms with E-state index < -0.39 is 17.8 Å². The van der Waals surface area contributed by atoms with E-state index in [2.05, 4.69) is 4.99 Å². The minimum Gasteiger partial charge on any atom is -0.497 e. The van der Waals surface area contributed by atoms with Gasteiger partial charge in [0.1, 0.15) is 23.0 Å². The van der Waals surface area contributed by atoms with E-state index in [0.29, 0.717) is 17.0 Å². The van der Waals surface area contributed by atoms with Gasteiger partial charge in [-0.3, -0.25) is 10.2 Å². The van der Waals surface area contributed by atoms with Crippen molar-refractivity contribution in [3.63, 3.8) is 0 Å². The van der Waals surface area contributed by atoms with Gasteiger partial charge in [0.2, 0.25) is 0 Å². The number of hydrogen-bond donors (Lipinski definition) is 3. The molecule has 1 aliphatic heterocycles. The van der Waals surface area contributed by atoms with Crippen molar-refractivity contribution >= 4 is 28.8 Å². The van der Waals surface area contributed by atoms with Gasteiger partial charge >= 0.3 is 6.18 Å². The first-order valence-corrected chi connectivity index (χ1v) is 9.17. The number of nitrogens with zero attached hydrogens (tertiary/aromatic N) is 2. The number of nitrogen functional groups attached to an aromatic ring is 1. The van der Waals surface area contributed by atoms with E-state index in [1.807, 2.05) is 0 Å². The summed E-state index contributed by atoms with van der Waals surface area (Å²) in [5.41, 5.74) is 9.94. The van der Waals surface area contributed by atoms with Gasteiger partial charge in [-0.15, -0.1) is 0 Å². The van der Waals surface area contributed by atoms with Crippen molar-refractivity contribution < 1.29 is 22.7 Å². The van der Waals surface area contributed by atoms with Crippen LogP contribution in [0.25, 0.3) is 0 Å². The van der Waals surface area contributed by atoms with Crippen LogP contribution in [0.5, 0.6) is 5.75 Å². The molecule has 7 nitrogen and oxygen atoms in total. The first kappa shape index (κ1) is 21.9. The van der Waals surface area contributed by atoms with Gasteiger partial charge < -0.3 is 21.1 Å². The number of benzene rings is 2. The first-order chi connectivity index (χ1) is 14.6. The molecule has 3 rings (SSSR count). The highest BCUT2D eigenvalue weighted by atomic mass is 19.4. The maximum absolute atomic E-state index is 13.3. The van der Waals surface area contributed by atoms with Gasteiger partial charge in [-0.05, 0) is 55.0 Å². The third-order valence-electron chi connectivity index (χ3n) is 4.75. The topological polar surface area (TPSA) is 118 Å². The van der Waals surface area contributed by atoms with Crippen LogP contribution in [0.3, 0.4) is 0 Å². The van der Waals surface area contributed by atoms with Crippen LogP contribution < -0.4 is 21.1 Å². The fourth-order valence-corrected chi connectivity index (χ4v) is 3.10. The first-order valence-electron chi connectivity index (χ1n) is 9.17. The zero-order chi connectivity index (χ0) is 22.8. The van der Waals surface area contributed by atoms with Gasteiger partial charge in [0.05, 0.1) is 12.8 Å². The number of aliphatic imine (C=N–C) groups is 1. The van der Waals surface area contributed by atoms with E-state index in [0.717, 1.165) is 0 Å². The maximum Gasteiger partial charge on any atom is 0.431 e. The molecule has 1 amide bonds. The van der Waals surface area contributed by atoms with Crippen LogP contribution in [0.1, 0.15) is 12.0 Å². The number of rotatable bonds is 4. The fourth-order valence-electron chi connectivity index (χ4n) is 3.10. The minimum atomic E-state index is -4.79. The van der Waals surface area contributed by atoms with Crippen molar-refractivity contribution in [2.75, 3.05) is 18.6 Å². The number of nitrogens with one attached hydrogen (secondary N) is 1. The van der Waals surface area contributed by atoms with Crippen LogP contribution in [-0.4, -0.2) is 37.3 Å². The molecule has 2 aromatic rings. The van der Waals surface area contributed by atoms with Crippen molar-refractivity contribution in [2.24, 2.45) is 16.5 Å². The van der Waals surface area contributed by atoms with Crippen molar-refractivity contribution in [2.45, 2.75) is 12.6 Å². The quantitative estimate of drug-likeness (QED) is 0.509. The second kappa shape index (κ2) is 8.50. The Labute approximate surface area is 176 Å². The predicted molar refractivity (Wildman–Crippen MR) is 112 cm³/mol. The zero-order valence-electron chi connectivity index (χ0n) is 16.5. The lowest BCUT2D eigenvalue weighted by molar-refractivity contribution is -0.112. The second-order valence-corrected chi connectivity index (χ2v) is 6.72. The van der Waals surface area contributed by atoms with Gasteiger partial charge in [-0.1, -0.05) is 0 Å². The Bertz CT molecular complexity index is 1060. The summed E-state index contributed by atoms with van der Waals surface area (Å²) >= 11 is 0. The number of piperidine rings is 1. The van der Waals surface area contributed by atoms with E-state index in [-0.39, 0.29) is 35.8 Å². The largest absolute Gasteiger partial charge is 0.497 e. The number of ether oxygens (including phenoxy) is 1. The number of amides is 1. The van der Waals surface area contributed by atoms with Crippen LogP contribution in [0.15, 0.2) is 64.8 Å². The third kappa shape index (κ3) is 4.68. The number of methoxy groups -OCH3 is 1. The summed E-state index contributed by atoms with van der Waals surface area (Å²) < 4.78 is 45.0. The van der Waals surface area contributed by atoms with Gasteiger partial charge in [0.15, 0.2) is 0 Å². The van der Waals surface area contributed by atoms with Crippen molar-refractivity contribution in [1.82, 2.24) is 0 Å². The predicted octanol–water partition coefficient (Wildman–Crippen LogP) is 3.26. The van der Waals surface area contributed by atoms with Crippen LogP contribution >= 0.6 is 0 Å². The Hall–Kier alpha value is -3.82. The number of halogens is 3. The molecular formula is C21H20F3N5O2. The molecule has 0 bridgehead atoms. The monoisotopic (exact) mass is 431 g/mol. The van der Waals surface area contributed by atoms with Crippen LogP contribution in [0.2, 0.25) is 0 Å². The summed E-state index contributed by atoms with van der Waals surface area (Å²) in [6.07, 6.45) is -4.91. The van der Waals surface area contributed by atoms with E-state index in [9.17, 15) is 18.0 Å². The maximum atomic E-state index is 13.3. The van der Waals surface area contributed by atoms with Crippen LogP contribution in [0, 0.1) is 5.41 Å². The van der Waals surface area contributed by atoms with Gasteiger partial charge in [-0.25, -0.2) is 4.99 Å². The molecule has 31 heavy (non-hydrogen) atoms. The van der Waals surface area contributed by atoms with Crippen molar-refractivity contribution in [3.8, 4) is 5.75 Å². The van der Waals surface area contributed by atoms with E-state index in [4.69, 9.17) is 21.6 Å². The molecule has 1 heterocycles. The molecule has 0 radical (unpaired) electrons. The summed E-state index contributed by atoms with van der Waals surface area (Å²) in [6, 6.07) is 12.5. The van der Waals surface area contributed by atoms with E-state index >= 15 is 0 Å². The summed E-state index contributed by atoms with van der Waals surface area (Å²) in [7, 11) is 1.48. The Morgan fingerprint density at radius 3 is 2.23 bits per heavy atom. The van der Waals surface area contributed by atoms with Gasteiger partial charge in [-0.2, -0.15) is 13.2 Å². The molecule has 0 atom stereocenters. The number of carbonyl (C=O) groups excluding carboxylic acids is 1. The molecule has 0 aliphatic carbocycles. The molecule has 1 aliphatic rings. The number of carbonyl (C=O) groups is 1. The molecule has 0 saturated carbocycles. The summed E-state index contributed by atoms with van der Waals surface area (Å²) in [4.78, 5) is 18.7.